The van der Waals surface area contributed by atoms with Gasteiger partial charge in [-0.2, -0.15) is 0 Å². The van der Waals surface area contributed by atoms with Gasteiger partial charge >= 0.3 is 0 Å². The van der Waals surface area contributed by atoms with Crippen LogP contribution in [0.2, 0.25) is 0 Å². The summed E-state index contributed by atoms with van der Waals surface area (Å²) in [5.41, 5.74) is 2.32. The van der Waals surface area contributed by atoms with E-state index in [2.05, 4.69) is 5.32 Å². The van der Waals surface area contributed by atoms with E-state index in [0.717, 1.165) is 17.2 Å². The van der Waals surface area contributed by atoms with Gasteiger partial charge in [-0.3, -0.25) is 9.69 Å². The van der Waals surface area contributed by atoms with E-state index in [-0.39, 0.29) is 12.5 Å². The molecule has 0 fully saturated rings. The third-order valence-corrected chi connectivity index (χ3v) is 3.51. The van der Waals surface area contributed by atoms with Crippen LogP contribution in [0.4, 0.5) is 8.78 Å². The average Bonchev–Trinajstić information content (AvgIpc) is 2.44. The fourth-order valence-corrected chi connectivity index (χ4v) is 2.52. The maximum atomic E-state index is 13.2. The van der Waals surface area contributed by atoms with Crippen LogP contribution in [0.1, 0.15) is 22.7 Å². The minimum absolute atomic E-state index is 0.0731. The fourth-order valence-electron chi connectivity index (χ4n) is 2.52. The van der Waals surface area contributed by atoms with Gasteiger partial charge in [0.05, 0.1) is 0 Å². The predicted molar refractivity (Wildman–Crippen MR) is 85.8 cm³/mol. The van der Waals surface area contributed by atoms with Crippen molar-refractivity contribution in [2.45, 2.75) is 19.5 Å². The van der Waals surface area contributed by atoms with Crippen molar-refractivity contribution < 1.29 is 13.6 Å². The smallest absolute Gasteiger partial charge is 0.242 e. The highest BCUT2D eigenvalue weighted by molar-refractivity contribution is 5.83. The summed E-state index contributed by atoms with van der Waals surface area (Å²) < 4.78 is 26.4. The lowest BCUT2D eigenvalue weighted by atomic mass is 10.0. The summed E-state index contributed by atoms with van der Waals surface area (Å²) in [6.07, 6.45) is 0. The first-order chi connectivity index (χ1) is 10.9. The molecular formula is C18H20F2N2O. The Morgan fingerprint density at radius 2 is 1.78 bits per heavy atom. The van der Waals surface area contributed by atoms with Crippen LogP contribution in [0.25, 0.3) is 0 Å². The molecule has 2 aromatic rings. The highest BCUT2D eigenvalue weighted by Crippen LogP contribution is 2.20. The van der Waals surface area contributed by atoms with Crippen molar-refractivity contribution in [3.63, 3.8) is 0 Å². The van der Waals surface area contributed by atoms with Gasteiger partial charge in [0.2, 0.25) is 5.91 Å². The molecule has 0 aliphatic heterocycles. The van der Waals surface area contributed by atoms with Gasteiger partial charge in [0, 0.05) is 12.6 Å². The van der Waals surface area contributed by atoms with E-state index in [1.54, 1.807) is 4.90 Å². The molecule has 1 amide bonds. The highest BCUT2D eigenvalue weighted by atomic mass is 19.1. The Bertz CT molecular complexity index is 681. The summed E-state index contributed by atoms with van der Waals surface area (Å²) >= 11 is 0. The number of benzene rings is 2. The molecule has 1 atom stereocenters. The van der Waals surface area contributed by atoms with E-state index in [4.69, 9.17) is 0 Å². The van der Waals surface area contributed by atoms with Gasteiger partial charge in [-0.15, -0.1) is 0 Å². The number of carbonyl (C=O) groups excluding carboxylic acids is 1. The molecule has 0 unspecified atom stereocenters. The molecule has 122 valence electrons. The van der Waals surface area contributed by atoms with Gasteiger partial charge in [-0.05, 0) is 44.3 Å². The standard InChI is InChI=1S/C18H20F2N2O/c1-12-5-4-6-14(7-12)17(22(2)3)18(23)21-11-13-8-15(19)10-16(20)9-13/h4-10,17H,11H2,1-3H3,(H,21,23)/t17-/m0/s1. The van der Waals surface area contributed by atoms with Crippen LogP contribution in [0, 0.1) is 18.6 Å². The van der Waals surface area contributed by atoms with Crippen molar-refractivity contribution in [2.24, 2.45) is 0 Å². The topological polar surface area (TPSA) is 32.3 Å². The monoisotopic (exact) mass is 318 g/mol. The summed E-state index contributed by atoms with van der Waals surface area (Å²) in [6.45, 7) is 2.04. The van der Waals surface area contributed by atoms with Gasteiger partial charge < -0.3 is 5.32 Å². The normalized spacial score (nSPS) is 12.3. The molecule has 0 saturated heterocycles. The molecule has 0 bridgehead atoms. The zero-order chi connectivity index (χ0) is 17.0. The Hall–Kier alpha value is -2.27. The Morgan fingerprint density at radius 3 is 2.35 bits per heavy atom. The van der Waals surface area contributed by atoms with Crippen molar-refractivity contribution in [2.75, 3.05) is 14.1 Å². The summed E-state index contributed by atoms with van der Waals surface area (Å²) in [7, 11) is 3.63. The molecule has 0 aromatic heterocycles. The van der Waals surface area contributed by atoms with Crippen LogP contribution in [0.3, 0.4) is 0 Å². The van der Waals surface area contributed by atoms with E-state index in [0.29, 0.717) is 5.56 Å². The summed E-state index contributed by atoms with van der Waals surface area (Å²) in [4.78, 5) is 14.3. The van der Waals surface area contributed by atoms with Gasteiger partial charge in [-0.25, -0.2) is 8.78 Å². The molecule has 0 saturated carbocycles. The minimum Gasteiger partial charge on any atom is -0.350 e. The molecule has 0 aliphatic carbocycles. The Labute approximate surface area is 134 Å². The van der Waals surface area contributed by atoms with Gasteiger partial charge in [0.25, 0.3) is 0 Å². The van der Waals surface area contributed by atoms with Crippen LogP contribution in [-0.2, 0) is 11.3 Å². The average molecular weight is 318 g/mol. The zero-order valence-electron chi connectivity index (χ0n) is 13.4. The van der Waals surface area contributed by atoms with Crippen LogP contribution in [0.15, 0.2) is 42.5 Å². The molecule has 3 nitrogen and oxygen atoms in total. The van der Waals surface area contributed by atoms with Crippen molar-refractivity contribution in [3.05, 3.63) is 70.8 Å². The molecule has 0 spiro atoms. The van der Waals surface area contributed by atoms with Crippen LogP contribution >= 0.6 is 0 Å². The third kappa shape index (κ3) is 4.60. The molecule has 5 heteroatoms. The first-order valence-corrected chi connectivity index (χ1v) is 7.32. The first kappa shape index (κ1) is 17.1. The largest absolute Gasteiger partial charge is 0.350 e. The number of hydrogen-bond donors (Lipinski definition) is 1. The Kier molecular flexibility index (Phi) is 5.45. The van der Waals surface area contributed by atoms with Gasteiger partial charge in [-0.1, -0.05) is 29.8 Å². The predicted octanol–water partition coefficient (Wildman–Crippen LogP) is 3.19. The maximum absolute atomic E-state index is 13.2. The molecule has 0 heterocycles. The van der Waals surface area contributed by atoms with Gasteiger partial charge in [0.1, 0.15) is 17.7 Å². The number of nitrogens with zero attached hydrogens (tertiary/aromatic N) is 1. The van der Waals surface area contributed by atoms with Crippen molar-refractivity contribution in [1.29, 1.82) is 0 Å². The lowest BCUT2D eigenvalue weighted by Crippen LogP contribution is -2.36. The van der Waals surface area contributed by atoms with Crippen LogP contribution in [-0.4, -0.2) is 24.9 Å². The second-order valence-electron chi connectivity index (χ2n) is 5.78. The van der Waals surface area contributed by atoms with Crippen molar-refractivity contribution in [1.82, 2.24) is 10.2 Å². The molecular weight excluding hydrogens is 298 g/mol. The minimum atomic E-state index is -0.655. The number of nitrogens with one attached hydrogen (secondary N) is 1. The van der Waals surface area contributed by atoms with Crippen molar-refractivity contribution in [3.8, 4) is 0 Å². The molecule has 0 aliphatic rings. The van der Waals surface area contributed by atoms with Crippen LogP contribution in [0.5, 0.6) is 0 Å². The maximum Gasteiger partial charge on any atom is 0.242 e. The Morgan fingerprint density at radius 1 is 1.13 bits per heavy atom. The van der Waals surface area contributed by atoms with E-state index in [9.17, 15) is 13.6 Å². The third-order valence-electron chi connectivity index (χ3n) is 3.51. The number of carbonyl (C=O) groups is 1. The summed E-state index contributed by atoms with van der Waals surface area (Å²) in [6, 6.07) is 10.5. The van der Waals surface area contributed by atoms with E-state index in [1.165, 1.54) is 12.1 Å². The number of aryl methyl sites for hydroxylation is 1. The number of hydrogen-bond acceptors (Lipinski definition) is 2. The van der Waals surface area contributed by atoms with Crippen molar-refractivity contribution >= 4 is 5.91 Å². The molecule has 2 aromatic carbocycles. The molecule has 23 heavy (non-hydrogen) atoms. The summed E-state index contributed by atoms with van der Waals surface area (Å²) in [5, 5.41) is 2.74. The molecule has 2 rings (SSSR count). The zero-order valence-corrected chi connectivity index (χ0v) is 13.4. The quantitative estimate of drug-likeness (QED) is 0.918. The van der Waals surface area contributed by atoms with Gasteiger partial charge in [0.15, 0.2) is 0 Å². The number of rotatable bonds is 5. The van der Waals surface area contributed by atoms with Crippen LogP contribution < -0.4 is 5.32 Å². The lowest BCUT2D eigenvalue weighted by Gasteiger charge is -2.24. The lowest BCUT2D eigenvalue weighted by molar-refractivity contribution is -0.125. The first-order valence-electron chi connectivity index (χ1n) is 7.32. The molecule has 1 N–H and O–H groups in total. The van der Waals surface area contributed by atoms with E-state index in [1.807, 2.05) is 45.3 Å². The number of amides is 1. The second-order valence-corrected chi connectivity index (χ2v) is 5.78. The van der Waals surface area contributed by atoms with E-state index >= 15 is 0 Å². The number of likely N-dealkylation sites (N-methyl/N-ethyl adjacent to an activating group) is 1. The highest BCUT2D eigenvalue weighted by Gasteiger charge is 2.22. The number of halogens is 2. The summed E-state index contributed by atoms with van der Waals surface area (Å²) in [5.74, 6) is -1.53. The Balaban J connectivity index is 2.13. The second kappa shape index (κ2) is 7.33. The SMILES string of the molecule is Cc1cccc([C@@H](C(=O)NCc2cc(F)cc(F)c2)N(C)C)c1. The fraction of sp³-hybridized carbons (Fsp3) is 0.278. The van der Waals surface area contributed by atoms with E-state index < -0.39 is 17.7 Å². The molecule has 0 radical (unpaired) electrons.